The molecule has 0 radical (unpaired) electrons. The third-order valence-corrected chi connectivity index (χ3v) is 4.53. The lowest BCUT2D eigenvalue weighted by Gasteiger charge is -2.19. The summed E-state index contributed by atoms with van der Waals surface area (Å²) in [4.78, 5) is 13.2. The molecule has 1 unspecified atom stereocenters. The van der Waals surface area contributed by atoms with Gasteiger partial charge in [-0.15, -0.1) is 0 Å². The second kappa shape index (κ2) is 8.10. The number of carbonyl (C=O) groups excluding carboxylic acids is 1. The minimum absolute atomic E-state index is 0.0810. The van der Waals surface area contributed by atoms with Crippen LogP contribution in [0.15, 0.2) is 42.5 Å². The monoisotopic (exact) mass is 308 g/mol. The first kappa shape index (κ1) is 17.5. The molecule has 122 valence electrons. The molecule has 23 heavy (non-hydrogen) atoms. The highest BCUT2D eigenvalue weighted by Gasteiger charge is 2.23. The maximum absolute atomic E-state index is 13.2. The van der Waals surface area contributed by atoms with Crippen molar-refractivity contribution in [2.24, 2.45) is 5.92 Å². The van der Waals surface area contributed by atoms with Gasteiger partial charge in [-0.2, -0.15) is 0 Å². The molecule has 0 aliphatic heterocycles. The van der Waals surface area contributed by atoms with Crippen LogP contribution < -0.4 is 0 Å². The number of carbonyl (C=O) groups is 1. The van der Waals surface area contributed by atoms with Crippen molar-refractivity contribution in [3.63, 3.8) is 0 Å². The summed E-state index contributed by atoms with van der Waals surface area (Å²) in [6, 6.07) is 14.6. The molecule has 2 aromatic carbocycles. The lowest BCUT2D eigenvalue weighted by molar-refractivity contribution is 0.0909. The van der Waals surface area contributed by atoms with Gasteiger partial charge in [0.2, 0.25) is 0 Å². The quantitative estimate of drug-likeness (QED) is 0.587. The Hall–Kier alpha value is -1.89. The molecule has 0 spiro atoms. The van der Waals surface area contributed by atoms with Gasteiger partial charge in [-0.1, -0.05) is 67.8 Å². The summed E-state index contributed by atoms with van der Waals surface area (Å²) in [5, 5.41) is 0. The highest BCUT2D eigenvalue weighted by atomic mass is 16.1. The van der Waals surface area contributed by atoms with E-state index in [1.165, 1.54) is 11.1 Å². The van der Waals surface area contributed by atoms with E-state index >= 15 is 0 Å². The van der Waals surface area contributed by atoms with E-state index in [9.17, 15) is 4.79 Å². The van der Waals surface area contributed by atoms with Gasteiger partial charge in [0.1, 0.15) is 0 Å². The number of ketones is 1. The number of aryl methyl sites for hydroxylation is 3. The Bertz CT molecular complexity index is 632. The Morgan fingerprint density at radius 3 is 2.17 bits per heavy atom. The molecule has 2 aromatic rings. The molecule has 0 fully saturated rings. The maximum Gasteiger partial charge on any atom is 0.166 e. The Morgan fingerprint density at radius 1 is 1.00 bits per heavy atom. The highest BCUT2D eigenvalue weighted by Crippen LogP contribution is 2.25. The van der Waals surface area contributed by atoms with Gasteiger partial charge < -0.3 is 0 Å². The maximum atomic E-state index is 13.2. The molecule has 0 N–H and O–H groups in total. The van der Waals surface area contributed by atoms with E-state index in [1.807, 2.05) is 6.07 Å². The zero-order valence-electron chi connectivity index (χ0n) is 14.9. The van der Waals surface area contributed by atoms with Crippen molar-refractivity contribution in [2.75, 3.05) is 0 Å². The van der Waals surface area contributed by atoms with E-state index in [0.29, 0.717) is 5.78 Å². The SMILES string of the molecule is CCCCC(Cc1ccccc1)C(=O)c1c(C)cc(C)cc1C. The molecule has 0 heterocycles. The fourth-order valence-corrected chi connectivity index (χ4v) is 3.45. The number of Topliss-reactive ketones (excluding diaryl/α,β-unsaturated/α-hetero) is 1. The van der Waals surface area contributed by atoms with Crippen LogP contribution in [0.5, 0.6) is 0 Å². The molecule has 2 rings (SSSR count). The van der Waals surface area contributed by atoms with E-state index in [1.54, 1.807) is 0 Å². The predicted molar refractivity (Wildman–Crippen MR) is 98.1 cm³/mol. The molecule has 0 aromatic heterocycles. The minimum Gasteiger partial charge on any atom is -0.294 e. The van der Waals surface area contributed by atoms with Crippen LogP contribution in [-0.2, 0) is 6.42 Å². The summed E-state index contributed by atoms with van der Waals surface area (Å²) in [6.45, 7) is 8.40. The fourth-order valence-electron chi connectivity index (χ4n) is 3.45. The van der Waals surface area contributed by atoms with Crippen LogP contribution in [0.4, 0.5) is 0 Å². The third kappa shape index (κ3) is 4.54. The van der Waals surface area contributed by atoms with Crippen molar-refractivity contribution in [1.82, 2.24) is 0 Å². The summed E-state index contributed by atoms with van der Waals surface area (Å²) in [5.74, 6) is 0.398. The summed E-state index contributed by atoms with van der Waals surface area (Å²) in [6.07, 6.45) is 4.04. The van der Waals surface area contributed by atoms with Crippen LogP contribution in [0.1, 0.15) is 58.8 Å². The van der Waals surface area contributed by atoms with Gasteiger partial charge >= 0.3 is 0 Å². The second-order valence-electron chi connectivity index (χ2n) is 6.67. The number of hydrogen-bond donors (Lipinski definition) is 0. The van der Waals surface area contributed by atoms with Gasteiger partial charge in [0.15, 0.2) is 5.78 Å². The van der Waals surface area contributed by atoms with Crippen LogP contribution >= 0.6 is 0 Å². The molecule has 1 atom stereocenters. The van der Waals surface area contributed by atoms with E-state index in [0.717, 1.165) is 42.4 Å². The summed E-state index contributed by atoms with van der Waals surface area (Å²) >= 11 is 0. The zero-order chi connectivity index (χ0) is 16.8. The molecule has 0 bridgehead atoms. The standard InChI is InChI=1S/C22H28O/c1-5-6-12-20(15-19-10-8-7-9-11-19)22(23)21-17(3)13-16(2)14-18(21)4/h7-11,13-14,20H,5-6,12,15H2,1-4H3. The van der Waals surface area contributed by atoms with Crippen LogP contribution in [0.25, 0.3) is 0 Å². The van der Waals surface area contributed by atoms with Crippen molar-refractivity contribution < 1.29 is 4.79 Å². The minimum atomic E-state index is 0.0810. The van der Waals surface area contributed by atoms with E-state index in [4.69, 9.17) is 0 Å². The Labute approximate surface area is 140 Å². The van der Waals surface area contributed by atoms with Crippen molar-refractivity contribution in [3.8, 4) is 0 Å². The Morgan fingerprint density at radius 2 is 1.61 bits per heavy atom. The number of unbranched alkanes of at least 4 members (excludes halogenated alkanes) is 1. The van der Waals surface area contributed by atoms with Gasteiger partial charge in [0.05, 0.1) is 0 Å². The van der Waals surface area contributed by atoms with Crippen molar-refractivity contribution in [3.05, 3.63) is 70.3 Å². The topological polar surface area (TPSA) is 17.1 Å². The molecule has 0 aliphatic rings. The lowest BCUT2D eigenvalue weighted by atomic mass is 9.84. The van der Waals surface area contributed by atoms with Gasteiger partial charge in [0, 0.05) is 11.5 Å². The Kier molecular flexibility index (Phi) is 6.15. The Balaban J connectivity index is 2.30. The van der Waals surface area contributed by atoms with Gasteiger partial charge in [-0.25, -0.2) is 0 Å². The summed E-state index contributed by atoms with van der Waals surface area (Å²) in [7, 11) is 0. The average molecular weight is 308 g/mol. The molecule has 1 nitrogen and oxygen atoms in total. The summed E-state index contributed by atoms with van der Waals surface area (Å²) in [5.41, 5.74) is 5.64. The van der Waals surface area contributed by atoms with Crippen LogP contribution in [0.3, 0.4) is 0 Å². The average Bonchev–Trinajstić information content (AvgIpc) is 2.51. The fraction of sp³-hybridized carbons (Fsp3) is 0.409. The van der Waals surface area contributed by atoms with Crippen LogP contribution in [-0.4, -0.2) is 5.78 Å². The first-order valence-corrected chi connectivity index (χ1v) is 8.69. The highest BCUT2D eigenvalue weighted by molar-refractivity contribution is 6.00. The summed E-state index contributed by atoms with van der Waals surface area (Å²) < 4.78 is 0. The number of benzene rings is 2. The van der Waals surface area contributed by atoms with E-state index in [2.05, 4.69) is 64.1 Å². The molecular weight excluding hydrogens is 280 g/mol. The van der Waals surface area contributed by atoms with Gasteiger partial charge in [-0.05, 0) is 50.3 Å². The van der Waals surface area contributed by atoms with Crippen LogP contribution in [0.2, 0.25) is 0 Å². The first-order chi connectivity index (χ1) is 11.0. The molecule has 0 saturated heterocycles. The number of rotatable bonds is 7. The lowest BCUT2D eigenvalue weighted by Crippen LogP contribution is -2.20. The smallest absolute Gasteiger partial charge is 0.166 e. The van der Waals surface area contributed by atoms with Gasteiger partial charge in [-0.3, -0.25) is 4.79 Å². The third-order valence-electron chi connectivity index (χ3n) is 4.53. The van der Waals surface area contributed by atoms with Gasteiger partial charge in [0.25, 0.3) is 0 Å². The van der Waals surface area contributed by atoms with Crippen LogP contribution in [0, 0.1) is 26.7 Å². The molecule has 0 aliphatic carbocycles. The van der Waals surface area contributed by atoms with E-state index in [-0.39, 0.29) is 5.92 Å². The van der Waals surface area contributed by atoms with Crippen molar-refractivity contribution in [1.29, 1.82) is 0 Å². The largest absolute Gasteiger partial charge is 0.294 e. The molecule has 0 amide bonds. The zero-order valence-corrected chi connectivity index (χ0v) is 14.9. The number of hydrogen-bond acceptors (Lipinski definition) is 1. The predicted octanol–water partition coefficient (Wildman–Crippen LogP) is 5.84. The first-order valence-electron chi connectivity index (χ1n) is 8.69. The molecule has 1 heteroatoms. The van der Waals surface area contributed by atoms with Crippen molar-refractivity contribution >= 4 is 5.78 Å². The second-order valence-corrected chi connectivity index (χ2v) is 6.67. The normalized spacial score (nSPS) is 12.2. The van der Waals surface area contributed by atoms with E-state index < -0.39 is 0 Å². The van der Waals surface area contributed by atoms with Crippen molar-refractivity contribution in [2.45, 2.75) is 53.4 Å². The molecular formula is C22H28O. The molecule has 0 saturated carbocycles.